The number of nitrogens with one attached hydrogen (secondary N) is 3. The molecule has 0 saturated carbocycles. The van der Waals surface area contributed by atoms with Gasteiger partial charge in [0.15, 0.2) is 17.4 Å². The summed E-state index contributed by atoms with van der Waals surface area (Å²) in [6, 6.07) is 7.32. The van der Waals surface area contributed by atoms with Crippen molar-refractivity contribution in [1.82, 2.24) is 40.4 Å². The zero-order chi connectivity index (χ0) is 25.5. The Kier molecular flexibility index (Phi) is 5.78. The predicted molar refractivity (Wildman–Crippen MR) is 141 cm³/mol. The minimum atomic E-state index is -0.508. The Morgan fingerprint density at radius 1 is 1.08 bits per heavy atom. The lowest BCUT2D eigenvalue weighted by atomic mass is 10.1. The Morgan fingerprint density at radius 3 is 2.78 bits per heavy atom. The number of Topliss-reactive ketones (excluding diaryl/α,β-unsaturated/α-hetero) is 1. The smallest absolute Gasteiger partial charge is 0.169 e. The molecule has 0 atom stereocenters. The van der Waals surface area contributed by atoms with Gasteiger partial charge in [-0.3, -0.25) is 24.8 Å². The Balaban J connectivity index is 1.46. The fourth-order valence-electron chi connectivity index (χ4n) is 4.21. The first-order valence-electron chi connectivity index (χ1n) is 11.7. The summed E-state index contributed by atoms with van der Waals surface area (Å²) in [5.41, 5.74) is 4.48. The van der Waals surface area contributed by atoms with Crippen molar-refractivity contribution in [2.45, 2.75) is 20.4 Å². The maximum Gasteiger partial charge on any atom is 0.169 e. The number of thiophene rings is 1. The summed E-state index contributed by atoms with van der Waals surface area (Å²) in [4.78, 5) is 34.3. The number of fused-ring (bicyclic) bond motifs is 2. The number of halogens is 1. The van der Waals surface area contributed by atoms with Crippen molar-refractivity contribution < 1.29 is 9.18 Å². The number of carbonyl (C=O) groups excluding carboxylic acids is 1. The van der Waals surface area contributed by atoms with Gasteiger partial charge in [0.1, 0.15) is 22.6 Å². The molecule has 6 aromatic rings. The molecule has 6 rings (SSSR count). The molecule has 184 valence electrons. The van der Waals surface area contributed by atoms with Crippen LogP contribution in [-0.2, 0) is 6.54 Å². The number of H-pyrrole nitrogens is 2. The highest BCUT2D eigenvalue weighted by molar-refractivity contribution is 7.17. The molecule has 0 aromatic carbocycles. The van der Waals surface area contributed by atoms with Gasteiger partial charge in [-0.05, 0) is 43.3 Å². The summed E-state index contributed by atoms with van der Waals surface area (Å²) in [6.45, 7) is 5.00. The molecule has 9 nitrogen and oxygen atoms in total. The summed E-state index contributed by atoms with van der Waals surface area (Å²) in [5, 5.41) is 10.8. The average molecular weight is 513 g/mol. The van der Waals surface area contributed by atoms with E-state index in [0.29, 0.717) is 45.2 Å². The molecule has 6 aromatic heterocycles. The molecule has 0 saturated heterocycles. The van der Waals surface area contributed by atoms with Gasteiger partial charge in [-0.25, -0.2) is 9.37 Å². The Hall–Kier alpha value is -4.35. The second-order valence-corrected chi connectivity index (χ2v) is 9.59. The third-order valence-electron chi connectivity index (χ3n) is 6.00. The Labute approximate surface area is 214 Å². The predicted octanol–water partition coefficient (Wildman–Crippen LogP) is 5.14. The average Bonchev–Trinajstić information content (AvgIpc) is 3.65. The molecule has 0 aliphatic rings. The van der Waals surface area contributed by atoms with Gasteiger partial charge in [0, 0.05) is 30.7 Å². The molecule has 0 aliphatic heterocycles. The molecule has 0 fully saturated rings. The van der Waals surface area contributed by atoms with Crippen molar-refractivity contribution in [3.63, 3.8) is 0 Å². The van der Waals surface area contributed by atoms with Crippen LogP contribution >= 0.6 is 11.3 Å². The molecular formula is C26H21FN8OS. The van der Waals surface area contributed by atoms with E-state index in [1.807, 2.05) is 19.1 Å². The molecule has 0 spiro atoms. The Morgan fingerprint density at radius 2 is 1.97 bits per heavy atom. The highest BCUT2D eigenvalue weighted by atomic mass is 32.1. The van der Waals surface area contributed by atoms with Crippen LogP contribution in [0.4, 0.5) is 4.39 Å². The fourth-order valence-corrected chi connectivity index (χ4v) is 5.11. The van der Waals surface area contributed by atoms with Crippen molar-refractivity contribution in [2.24, 2.45) is 0 Å². The number of aromatic amines is 2. The van der Waals surface area contributed by atoms with Crippen LogP contribution < -0.4 is 5.32 Å². The van der Waals surface area contributed by atoms with Crippen LogP contribution in [0.1, 0.15) is 29.1 Å². The normalized spacial score (nSPS) is 11.5. The molecule has 11 heteroatoms. The van der Waals surface area contributed by atoms with Gasteiger partial charge in [0.2, 0.25) is 0 Å². The van der Waals surface area contributed by atoms with Crippen molar-refractivity contribution in [2.75, 3.05) is 6.54 Å². The number of aromatic nitrogens is 7. The van der Waals surface area contributed by atoms with E-state index in [-0.39, 0.29) is 16.9 Å². The van der Waals surface area contributed by atoms with Crippen LogP contribution in [0.2, 0.25) is 0 Å². The summed E-state index contributed by atoms with van der Waals surface area (Å²) < 4.78 is 15.9. The number of hydrogen-bond acceptors (Lipinski definition) is 8. The summed E-state index contributed by atoms with van der Waals surface area (Å²) in [6.07, 6.45) is 6.58. The maximum atomic E-state index is 15.9. The molecule has 0 unspecified atom stereocenters. The monoisotopic (exact) mass is 512 g/mol. The molecule has 0 bridgehead atoms. The van der Waals surface area contributed by atoms with E-state index in [1.165, 1.54) is 18.3 Å². The van der Waals surface area contributed by atoms with Crippen LogP contribution in [0.3, 0.4) is 0 Å². The van der Waals surface area contributed by atoms with Crippen molar-refractivity contribution in [3.8, 4) is 33.3 Å². The molecule has 0 radical (unpaired) electrons. The second-order valence-electron chi connectivity index (χ2n) is 8.51. The minimum Gasteiger partial charge on any atom is -0.336 e. The first kappa shape index (κ1) is 23.1. The quantitative estimate of drug-likeness (QED) is 0.253. The van der Waals surface area contributed by atoms with E-state index in [2.05, 4.69) is 35.5 Å². The maximum absolute atomic E-state index is 15.9. The highest BCUT2D eigenvalue weighted by Crippen LogP contribution is 2.35. The SMILES string of the molecule is CCNCc1cncc(-c2ncc3[nH]nc(-c4nc5c(-c6ccc(C(C)=O)s6)nccc5[nH]4)c3c2F)c1. The third kappa shape index (κ3) is 4.07. The summed E-state index contributed by atoms with van der Waals surface area (Å²) >= 11 is 1.36. The number of ketones is 1. The lowest BCUT2D eigenvalue weighted by Gasteiger charge is -2.07. The van der Waals surface area contributed by atoms with E-state index < -0.39 is 5.82 Å². The van der Waals surface area contributed by atoms with Gasteiger partial charge >= 0.3 is 0 Å². The zero-order valence-electron chi connectivity index (χ0n) is 20.0. The minimum absolute atomic E-state index is 0.00335. The fraction of sp³-hybridized carbons (Fsp3) is 0.154. The highest BCUT2D eigenvalue weighted by Gasteiger charge is 2.22. The lowest BCUT2D eigenvalue weighted by Crippen LogP contribution is -2.11. The topological polar surface area (TPSA) is 125 Å². The standard InChI is InChI=1S/C26H21FN8OS/c1-3-28-9-14-8-15(11-29-10-14)22-21(27)20-17(12-31-22)34-35-25(20)26-32-16-6-7-30-24(23(16)33-26)19-5-4-18(37-19)13(2)36/h4-8,10-12,28H,3,9H2,1-2H3,(H,32,33)(H,34,35). The van der Waals surface area contributed by atoms with Gasteiger partial charge in [0.25, 0.3) is 0 Å². The molecule has 37 heavy (non-hydrogen) atoms. The van der Waals surface area contributed by atoms with E-state index in [9.17, 15) is 4.79 Å². The largest absolute Gasteiger partial charge is 0.336 e. The zero-order valence-corrected chi connectivity index (χ0v) is 20.8. The number of nitrogens with zero attached hydrogens (tertiary/aromatic N) is 5. The molecule has 0 aliphatic carbocycles. The first-order valence-corrected chi connectivity index (χ1v) is 12.5. The van der Waals surface area contributed by atoms with Crippen LogP contribution in [0.25, 0.3) is 55.3 Å². The lowest BCUT2D eigenvalue weighted by molar-refractivity contribution is 0.102. The first-order chi connectivity index (χ1) is 18.0. The summed E-state index contributed by atoms with van der Waals surface area (Å²) in [5.74, 6) is -0.114. The van der Waals surface area contributed by atoms with E-state index in [0.717, 1.165) is 22.5 Å². The molecule has 0 amide bonds. The van der Waals surface area contributed by atoms with Crippen molar-refractivity contribution in [3.05, 3.63) is 65.3 Å². The van der Waals surface area contributed by atoms with Crippen LogP contribution in [-0.4, -0.2) is 47.4 Å². The van der Waals surface area contributed by atoms with E-state index in [1.54, 1.807) is 36.9 Å². The molecular weight excluding hydrogens is 491 g/mol. The molecule has 6 heterocycles. The number of pyridine rings is 3. The van der Waals surface area contributed by atoms with E-state index in [4.69, 9.17) is 4.98 Å². The second kappa shape index (κ2) is 9.26. The van der Waals surface area contributed by atoms with Gasteiger partial charge in [-0.15, -0.1) is 11.3 Å². The summed E-state index contributed by atoms with van der Waals surface area (Å²) in [7, 11) is 0. The van der Waals surface area contributed by atoms with E-state index >= 15 is 4.39 Å². The third-order valence-corrected chi connectivity index (χ3v) is 7.20. The van der Waals surface area contributed by atoms with Crippen LogP contribution in [0.5, 0.6) is 0 Å². The van der Waals surface area contributed by atoms with Crippen molar-refractivity contribution in [1.29, 1.82) is 0 Å². The number of hydrogen-bond donors (Lipinski definition) is 3. The number of imidazole rings is 1. The Bertz CT molecular complexity index is 1790. The molecule has 3 N–H and O–H groups in total. The van der Waals surface area contributed by atoms with Gasteiger partial charge in [-0.2, -0.15) is 5.10 Å². The van der Waals surface area contributed by atoms with Crippen molar-refractivity contribution >= 4 is 39.1 Å². The number of rotatable bonds is 7. The van der Waals surface area contributed by atoms with Gasteiger partial charge in [0.05, 0.1) is 32.4 Å². The van der Waals surface area contributed by atoms with Crippen LogP contribution in [0.15, 0.2) is 49.1 Å². The number of carbonyl (C=O) groups is 1. The van der Waals surface area contributed by atoms with Gasteiger partial charge in [-0.1, -0.05) is 6.92 Å². The van der Waals surface area contributed by atoms with Crippen LogP contribution in [0, 0.1) is 5.82 Å². The van der Waals surface area contributed by atoms with Gasteiger partial charge < -0.3 is 10.3 Å².